The van der Waals surface area contributed by atoms with Crippen molar-refractivity contribution in [1.29, 1.82) is 0 Å². The smallest absolute Gasteiger partial charge is 0.291 e. The van der Waals surface area contributed by atoms with Gasteiger partial charge in [-0.25, -0.2) is 4.39 Å². The number of hydrogen-bond donors (Lipinski definition) is 0. The van der Waals surface area contributed by atoms with Gasteiger partial charge in [0.15, 0.2) is 5.43 Å². The van der Waals surface area contributed by atoms with Gasteiger partial charge < -0.3 is 9.32 Å². The van der Waals surface area contributed by atoms with Gasteiger partial charge in [-0.2, -0.15) is 0 Å². The zero-order valence-electron chi connectivity index (χ0n) is 16.2. The van der Waals surface area contributed by atoms with Crippen molar-refractivity contribution in [2.24, 2.45) is 0 Å². The molecule has 8 heteroatoms. The summed E-state index contributed by atoms with van der Waals surface area (Å²) in [5, 5.41) is 1.29. The number of nitrogens with zero attached hydrogens (tertiary/aromatic N) is 1. The molecule has 5 rings (SSSR count). The Morgan fingerprint density at radius 3 is 2.38 bits per heavy atom. The van der Waals surface area contributed by atoms with E-state index in [0.717, 1.165) is 0 Å². The average molecular weight is 489 g/mol. The van der Waals surface area contributed by atoms with Crippen molar-refractivity contribution in [3.63, 3.8) is 0 Å². The second-order valence-electron chi connectivity index (χ2n) is 7.45. The lowest BCUT2D eigenvalue weighted by molar-refractivity contribution is 0.0714. The fourth-order valence-corrected chi connectivity index (χ4v) is 4.45. The van der Waals surface area contributed by atoms with Gasteiger partial charge in [-0.15, -0.1) is 0 Å². The van der Waals surface area contributed by atoms with Crippen molar-refractivity contribution in [2.45, 2.75) is 12.6 Å². The number of carbonyl (C=O) groups excluding carboxylic acids is 1. The Morgan fingerprint density at radius 2 is 1.66 bits per heavy atom. The summed E-state index contributed by atoms with van der Waals surface area (Å²) >= 11 is 18.4. The Hall–Kier alpha value is -2.86. The molecule has 1 atom stereocenters. The number of fused-ring (bicyclic) bond motifs is 2. The van der Waals surface area contributed by atoms with Gasteiger partial charge in [0.05, 0.1) is 27.0 Å². The maximum Gasteiger partial charge on any atom is 0.291 e. The van der Waals surface area contributed by atoms with E-state index < -0.39 is 11.9 Å². The van der Waals surface area contributed by atoms with Gasteiger partial charge in [-0.05, 0) is 53.6 Å². The van der Waals surface area contributed by atoms with Crippen LogP contribution < -0.4 is 5.43 Å². The third kappa shape index (κ3) is 3.47. The van der Waals surface area contributed by atoms with E-state index in [1.54, 1.807) is 42.5 Å². The third-order valence-corrected chi connectivity index (χ3v) is 6.43. The van der Waals surface area contributed by atoms with Gasteiger partial charge in [0.2, 0.25) is 5.76 Å². The molecule has 32 heavy (non-hydrogen) atoms. The van der Waals surface area contributed by atoms with Gasteiger partial charge in [0.1, 0.15) is 11.4 Å². The molecule has 1 aliphatic heterocycles. The third-order valence-electron chi connectivity index (χ3n) is 5.45. The Labute approximate surface area is 196 Å². The van der Waals surface area contributed by atoms with E-state index in [1.165, 1.54) is 23.1 Å². The zero-order chi connectivity index (χ0) is 22.6. The molecule has 2 heterocycles. The van der Waals surface area contributed by atoms with Crippen LogP contribution in [0.5, 0.6) is 0 Å². The number of amides is 1. The summed E-state index contributed by atoms with van der Waals surface area (Å²) in [5.74, 6) is -0.872. The Morgan fingerprint density at radius 1 is 0.906 bits per heavy atom. The maximum absolute atomic E-state index is 13.5. The molecule has 0 unspecified atom stereocenters. The van der Waals surface area contributed by atoms with Crippen LogP contribution in [0.4, 0.5) is 4.39 Å². The van der Waals surface area contributed by atoms with Crippen molar-refractivity contribution < 1.29 is 13.6 Å². The van der Waals surface area contributed by atoms with Crippen LogP contribution in [-0.4, -0.2) is 10.8 Å². The first-order valence-electron chi connectivity index (χ1n) is 9.60. The molecular weight excluding hydrogens is 476 g/mol. The summed E-state index contributed by atoms with van der Waals surface area (Å²) in [6, 6.07) is 14.6. The summed E-state index contributed by atoms with van der Waals surface area (Å²) in [4.78, 5) is 28.4. The number of benzene rings is 3. The van der Waals surface area contributed by atoms with E-state index in [0.29, 0.717) is 26.2 Å². The van der Waals surface area contributed by atoms with Crippen LogP contribution in [0, 0.1) is 5.82 Å². The van der Waals surface area contributed by atoms with E-state index in [4.69, 9.17) is 39.2 Å². The highest BCUT2D eigenvalue weighted by molar-refractivity contribution is 6.42. The molecule has 0 N–H and O–H groups in total. The maximum atomic E-state index is 13.5. The standard InChI is InChI=1S/C24H13Cl3FNO3/c25-14-4-8-19-16(10-14)22(30)20-21(13-3-7-17(26)18(27)9-13)29(24(31)23(20)32-19)11-12-1-5-15(28)6-2-12/h1-10,21H,11H2/t21-/m0/s1. The summed E-state index contributed by atoms with van der Waals surface area (Å²) in [6.07, 6.45) is 0. The second-order valence-corrected chi connectivity index (χ2v) is 8.70. The molecule has 0 fully saturated rings. The predicted octanol–water partition coefficient (Wildman–Crippen LogP) is 6.64. The lowest BCUT2D eigenvalue weighted by Gasteiger charge is -2.25. The molecule has 0 radical (unpaired) electrons. The van der Waals surface area contributed by atoms with Crippen molar-refractivity contribution in [2.75, 3.05) is 0 Å². The Balaban J connectivity index is 1.73. The van der Waals surface area contributed by atoms with E-state index in [1.807, 2.05) is 0 Å². The summed E-state index contributed by atoms with van der Waals surface area (Å²) < 4.78 is 19.3. The van der Waals surface area contributed by atoms with E-state index >= 15 is 0 Å². The van der Waals surface area contributed by atoms with Crippen LogP contribution in [0.2, 0.25) is 15.1 Å². The molecule has 0 bridgehead atoms. The van der Waals surface area contributed by atoms with E-state index in [9.17, 15) is 14.0 Å². The molecule has 0 aliphatic carbocycles. The largest absolute Gasteiger partial charge is 0.450 e. The van der Waals surface area contributed by atoms with E-state index in [2.05, 4.69) is 0 Å². The second kappa shape index (κ2) is 7.93. The highest BCUT2D eigenvalue weighted by Crippen LogP contribution is 2.40. The SMILES string of the molecule is O=C1c2oc3ccc(Cl)cc3c(=O)c2[C@H](c2ccc(Cl)c(Cl)c2)N1Cc1ccc(F)cc1. The van der Waals surface area contributed by atoms with Crippen LogP contribution in [0.3, 0.4) is 0 Å². The normalized spacial score (nSPS) is 15.4. The minimum atomic E-state index is -0.767. The summed E-state index contributed by atoms with van der Waals surface area (Å²) in [7, 11) is 0. The summed E-state index contributed by atoms with van der Waals surface area (Å²) in [6.45, 7) is 0.130. The minimum Gasteiger partial charge on any atom is -0.450 e. The number of hydrogen-bond acceptors (Lipinski definition) is 3. The quantitative estimate of drug-likeness (QED) is 0.325. The first-order chi connectivity index (χ1) is 15.3. The molecular formula is C24H13Cl3FNO3. The van der Waals surface area contributed by atoms with Crippen LogP contribution in [-0.2, 0) is 6.54 Å². The van der Waals surface area contributed by atoms with Crippen LogP contribution in [0.15, 0.2) is 69.9 Å². The molecule has 0 saturated carbocycles. The monoisotopic (exact) mass is 487 g/mol. The van der Waals surface area contributed by atoms with Crippen LogP contribution in [0.25, 0.3) is 11.0 Å². The molecule has 4 nitrogen and oxygen atoms in total. The average Bonchev–Trinajstić information content (AvgIpc) is 3.04. The molecule has 0 spiro atoms. The van der Waals surface area contributed by atoms with Crippen molar-refractivity contribution in [1.82, 2.24) is 4.90 Å². The van der Waals surface area contributed by atoms with Gasteiger partial charge in [0.25, 0.3) is 5.91 Å². The molecule has 160 valence electrons. The van der Waals surface area contributed by atoms with Gasteiger partial charge >= 0.3 is 0 Å². The van der Waals surface area contributed by atoms with Crippen LogP contribution >= 0.6 is 34.8 Å². The minimum absolute atomic E-state index is 0.0389. The first-order valence-corrected chi connectivity index (χ1v) is 10.7. The fraction of sp³-hybridized carbons (Fsp3) is 0.0833. The van der Waals surface area contributed by atoms with E-state index in [-0.39, 0.29) is 40.1 Å². The Kier molecular flexibility index (Phi) is 5.20. The molecule has 1 aromatic heterocycles. The molecule has 1 amide bonds. The van der Waals surface area contributed by atoms with Crippen molar-refractivity contribution >= 4 is 51.7 Å². The summed E-state index contributed by atoms with van der Waals surface area (Å²) in [5.41, 5.74) is 1.41. The van der Waals surface area contributed by atoms with Crippen LogP contribution in [0.1, 0.15) is 33.3 Å². The lowest BCUT2D eigenvalue weighted by Crippen LogP contribution is -2.29. The fourth-order valence-electron chi connectivity index (χ4n) is 3.97. The number of rotatable bonds is 3. The van der Waals surface area contributed by atoms with Gasteiger partial charge in [0, 0.05) is 11.6 Å². The van der Waals surface area contributed by atoms with Gasteiger partial charge in [-0.1, -0.05) is 53.0 Å². The van der Waals surface area contributed by atoms with Crippen molar-refractivity contribution in [3.8, 4) is 0 Å². The molecule has 3 aromatic carbocycles. The molecule has 0 saturated heterocycles. The Bertz CT molecular complexity index is 1450. The molecule has 4 aromatic rings. The zero-order valence-corrected chi connectivity index (χ0v) is 18.5. The topological polar surface area (TPSA) is 50.5 Å². The first kappa shape index (κ1) is 21.0. The number of halogens is 4. The van der Waals surface area contributed by atoms with Crippen molar-refractivity contribution in [3.05, 3.63) is 114 Å². The lowest BCUT2D eigenvalue weighted by atomic mass is 9.98. The number of carbonyl (C=O) groups is 1. The predicted molar refractivity (Wildman–Crippen MR) is 122 cm³/mol. The highest BCUT2D eigenvalue weighted by Gasteiger charge is 2.42. The van der Waals surface area contributed by atoms with Gasteiger partial charge in [-0.3, -0.25) is 9.59 Å². The molecule has 1 aliphatic rings. The highest BCUT2D eigenvalue weighted by atomic mass is 35.5.